The normalized spacial score (nSPS) is 12.0. The first-order chi connectivity index (χ1) is 9.91. The molecule has 0 saturated carbocycles. The number of halogens is 1. The van der Waals surface area contributed by atoms with E-state index in [1.54, 1.807) is 19.1 Å². The monoisotopic (exact) mass is 291 g/mol. The third kappa shape index (κ3) is 3.00. The van der Waals surface area contributed by atoms with Crippen molar-refractivity contribution in [1.29, 1.82) is 0 Å². The molecule has 0 heterocycles. The van der Waals surface area contributed by atoms with Crippen LogP contribution >= 0.6 is 0 Å². The van der Waals surface area contributed by atoms with E-state index in [9.17, 15) is 19.6 Å². The standard InChI is InChI=1S/C15H14FNO4/c1-9-5-3-7-12(17(19)20)15(9)21-13-8-4-6-11(16)14(13)10(2)18/h3-8,10,18H,1-2H3. The Kier molecular flexibility index (Phi) is 4.18. The number of aliphatic hydroxyl groups excluding tert-OH is 1. The van der Waals surface area contributed by atoms with Gasteiger partial charge >= 0.3 is 5.69 Å². The van der Waals surface area contributed by atoms with Gasteiger partial charge in [0.15, 0.2) is 0 Å². The van der Waals surface area contributed by atoms with E-state index >= 15 is 0 Å². The fraction of sp³-hybridized carbons (Fsp3) is 0.200. The number of nitro groups is 1. The maximum Gasteiger partial charge on any atom is 0.311 e. The summed E-state index contributed by atoms with van der Waals surface area (Å²) in [6.07, 6.45) is -1.09. The highest BCUT2D eigenvalue weighted by Gasteiger charge is 2.21. The molecule has 0 spiro atoms. The number of nitro benzene ring substituents is 1. The average Bonchev–Trinajstić information content (AvgIpc) is 2.40. The van der Waals surface area contributed by atoms with E-state index in [-0.39, 0.29) is 22.7 Å². The van der Waals surface area contributed by atoms with E-state index in [0.717, 1.165) is 0 Å². The summed E-state index contributed by atoms with van der Waals surface area (Å²) in [5.74, 6) is -0.531. The molecule has 2 aromatic carbocycles. The van der Waals surface area contributed by atoms with Gasteiger partial charge in [0.05, 0.1) is 16.6 Å². The topological polar surface area (TPSA) is 72.6 Å². The van der Waals surface area contributed by atoms with E-state index in [0.29, 0.717) is 5.56 Å². The van der Waals surface area contributed by atoms with Gasteiger partial charge in [0.1, 0.15) is 11.6 Å². The zero-order chi connectivity index (χ0) is 15.6. The SMILES string of the molecule is Cc1cccc([N+](=O)[O-])c1Oc1cccc(F)c1C(C)O. The molecule has 21 heavy (non-hydrogen) atoms. The third-order valence-electron chi connectivity index (χ3n) is 3.03. The smallest absolute Gasteiger partial charge is 0.311 e. The second-order valence-electron chi connectivity index (χ2n) is 4.61. The summed E-state index contributed by atoms with van der Waals surface area (Å²) >= 11 is 0. The van der Waals surface area contributed by atoms with Crippen molar-refractivity contribution in [3.05, 3.63) is 63.5 Å². The molecule has 0 fully saturated rings. The van der Waals surface area contributed by atoms with Gasteiger partial charge in [-0.15, -0.1) is 0 Å². The summed E-state index contributed by atoms with van der Waals surface area (Å²) < 4.78 is 19.3. The third-order valence-corrected chi connectivity index (χ3v) is 3.03. The Labute approximate surface area is 120 Å². The lowest BCUT2D eigenvalue weighted by molar-refractivity contribution is -0.385. The minimum Gasteiger partial charge on any atom is -0.449 e. The molecule has 0 radical (unpaired) electrons. The molecule has 0 bridgehead atoms. The first kappa shape index (κ1) is 14.9. The van der Waals surface area contributed by atoms with Gasteiger partial charge in [-0.3, -0.25) is 10.1 Å². The Hall–Kier alpha value is -2.47. The molecule has 0 aliphatic carbocycles. The van der Waals surface area contributed by atoms with Gasteiger partial charge in [0.25, 0.3) is 0 Å². The van der Waals surface area contributed by atoms with Crippen LogP contribution in [0, 0.1) is 22.9 Å². The highest BCUT2D eigenvalue weighted by Crippen LogP contribution is 2.37. The van der Waals surface area contributed by atoms with Gasteiger partial charge in [-0.25, -0.2) is 4.39 Å². The Balaban J connectivity index is 2.54. The van der Waals surface area contributed by atoms with Gasteiger partial charge in [0, 0.05) is 6.07 Å². The van der Waals surface area contributed by atoms with Crippen molar-refractivity contribution in [2.75, 3.05) is 0 Å². The van der Waals surface area contributed by atoms with Gasteiger partial charge in [-0.2, -0.15) is 0 Å². The van der Waals surface area contributed by atoms with Crippen LogP contribution in [0.3, 0.4) is 0 Å². The van der Waals surface area contributed by atoms with Crippen LogP contribution in [0.15, 0.2) is 36.4 Å². The summed E-state index contributed by atoms with van der Waals surface area (Å²) in [4.78, 5) is 10.5. The van der Waals surface area contributed by atoms with E-state index in [2.05, 4.69) is 0 Å². The lowest BCUT2D eigenvalue weighted by Crippen LogP contribution is -2.02. The Morgan fingerprint density at radius 2 is 1.95 bits per heavy atom. The molecular formula is C15H14FNO4. The Morgan fingerprint density at radius 3 is 2.57 bits per heavy atom. The van der Waals surface area contributed by atoms with Crippen LogP contribution in [-0.2, 0) is 0 Å². The number of hydrogen-bond donors (Lipinski definition) is 1. The van der Waals surface area contributed by atoms with Crippen LogP contribution in [0.5, 0.6) is 11.5 Å². The molecule has 6 heteroatoms. The molecular weight excluding hydrogens is 277 g/mol. The van der Waals surface area contributed by atoms with Crippen molar-refractivity contribution in [1.82, 2.24) is 0 Å². The van der Waals surface area contributed by atoms with Crippen LogP contribution in [0.2, 0.25) is 0 Å². The second-order valence-corrected chi connectivity index (χ2v) is 4.61. The maximum atomic E-state index is 13.8. The first-order valence-electron chi connectivity index (χ1n) is 6.30. The Bertz CT molecular complexity index is 685. The fourth-order valence-corrected chi connectivity index (χ4v) is 2.04. The van der Waals surface area contributed by atoms with Gasteiger partial charge in [-0.1, -0.05) is 18.2 Å². The Morgan fingerprint density at radius 1 is 1.29 bits per heavy atom. The molecule has 5 nitrogen and oxygen atoms in total. The lowest BCUT2D eigenvalue weighted by atomic mass is 10.1. The zero-order valence-electron chi connectivity index (χ0n) is 11.5. The number of benzene rings is 2. The van der Waals surface area contributed by atoms with E-state index in [1.165, 1.54) is 31.2 Å². The number of aryl methyl sites for hydroxylation is 1. The van der Waals surface area contributed by atoms with Crippen molar-refractivity contribution in [3.8, 4) is 11.5 Å². The lowest BCUT2D eigenvalue weighted by Gasteiger charge is -2.15. The summed E-state index contributed by atoms with van der Waals surface area (Å²) in [6.45, 7) is 3.06. The van der Waals surface area contributed by atoms with E-state index in [1.807, 2.05) is 0 Å². The molecule has 1 unspecified atom stereocenters. The van der Waals surface area contributed by atoms with Crippen LogP contribution < -0.4 is 4.74 Å². The summed E-state index contributed by atoms with van der Waals surface area (Å²) in [6, 6.07) is 8.58. The number of ether oxygens (including phenoxy) is 1. The van der Waals surface area contributed by atoms with Crippen molar-refractivity contribution >= 4 is 5.69 Å². The fourth-order valence-electron chi connectivity index (χ4n) is 2.04. The molecule has 0 saturated heterocycles. The number of rotatable bonds is 4. The molecule has 0 aliphatic heterocycles. The molecule has 2 rings (SSSR count). The number of hydrogen-bond acceptors (Lipinski definition) is 4. The largest absolute Gasteiger partial charge is 0.449 e. The first-order valence-corrected chi connectivity index (χ1v) is 6.30. The number of para-hydroxylation sites is 1. The van der Waals surface area contributed by atoms with Crippen molar-refractivity contribution in [2.45, 2.75) is 20.0 Å². The predicted molar refractivity (Wildman–Crippen MR) is 74.9 cm³/mol. The quantitative estimate of drug-likeness (QED) is 0.685. The van der Waals surface area contributed by atoms with Gasteiger partial charge in [0.2, 0.25) is 5.75 Å². The van der Waals surface area contributed by atoms with Gasteiger partial charge in [-0.05, 0) is 31.5 Å². The molecule has 0 aliphatic rings. The van der Waals surface area contributed by atoms with Crippen molar-refractivity contribution in [2.24, 2.45) is 0 Å². The minimum atomic E-state index is -1.09. The van der Waals surface area contributed by atoms with Crippen molar-refractivity contribution < 1.29 is 19.2 Å². The van der Waals surface area contributed by atoms with Crippen LogP contribution in [0.4, 0.5) is 10.1 Å². The summed E-state index contributed by atoms with van der Waals surface area (Å²) in [5.41, 5.74) is 0.302. The molecule has 2 aromatic rings. The molecule has 0 aromatic heterocycles. The van der Waals surface area contributed by atoms with Crippen LogP contribution in [-0.4, -0.2) is 10.0 Å². The molecule has 0 amide bonds. The molecule has 1 N–H and O–H groups in total. The highest BCUT2D eigenvalue weighted by molar-refractivity contribution is 5.54. The average molecular weight is 291 g/mol. The summed E-state index contributed by atoms with van der Waals surface area (Å²) in [5, 5.41) is 20.7. The van der Waals surface area contributed by atoms with E-state index < -0.39 is 16.8 Å². The predicted octanol–water partition coefficient (Wildman–Crippen LogP) is 3.89. The minimum absolute atomic E-state index is 0.0324. The zero-order valence-corrected chi connectivity index (χ0v) is 11.5. The summed E-state index contributed by atoms with van der Waals surface area (Å²) in [7, 11) is 0. The van der Waals surface area contributed by atoms with Crippen molar-refractivity contribution in [3.63, 3.8) is 0 Å². The molecule has 1 atom stereocenters. The number of nitrogens with zero attached hydrogens (tertiary/aromatic N) is 1. The maximum absolute atomic E-state index is 13.8. The van der Waals surface area contributed by atoms with E-state index in [4.69, 9.17) is 4.74 Å². The van der Waals surface area contributed by atoms with Crippen LogP contribution in [0.1, 0.15) is 24.2 Å². The van der Waals surface area contributed by atoms with Gasteiger partial charge < -0.3 is 9.84 Å². The molecule has 110 valence electrons. The highest BCUT2D eigenvalue weighted by atomic mass is 19.1. The number of aliphatic hydroxyl groups is 1. The second kappa shape index (κ2) is 5.88. The van der Waals surface area contributed by atoms with Crippen LogP contribution in [0.25, 0.3) is 0 Å².